The summed E-state index contributed by atoms with van der Waals surface area (Å²) < 4.78 is 14.2. The summed E-state index contributed by atoms with van der Waals surface area (Å²) >= 11 is 0. The molecule has 2 aromatic heterocycles. The Balaban J connectivity index is 1.33. The van der Waals surface area contributed by atoms with E-state index in [1.54, 1.807) is 7.11 Å². The van der Waals surface area contributed by atoms with Crippen LogP contribution in [0.1, 0.15) is 83.2 Å². The first-order chi connectivity index (χ1) is 25.0. The van der Waals surface area contributed by atoms with Gasteiger partial charge >= 0.3 is 5.97 Å². The highest BCUT2D eigenvalue weighted by Crippen LogP contribution is 2.42. The number of fused-ring (bicyclic) bond motifs is 6. The maximum Gasteiger partial charge on any atom is 0.324 e. The summed E-state index contributed by atoms with van der Waals surface area (Å²) in [5.41, 5.74) is 10.5. The van der Waals surface area contributed by atoms with Gasteiger partial charge in [0.05, 0.1) is 24.1 Å². The third-order valence-corrected chi connectivity index (χ3v) is 11.4. The first kappa shape index (κ1) is 36.3. The molecule has 11 heteroatoms. The molecule has 0 radical (unpaired) electrons. The molecule has 52 heavy (non-hydrogen) atoms. The fraction of sp³-hybridized carbons (Fsp3) is 0.561. The van der Waals surface area contributed by atoms with Crippen LogP contribution in [0.4, 0.5) is 0 Å². The number of hydrogen-bond acceptors (Lipinski definition) is 8. The molecule has 1 saturated heterocycles. The lowest BCUT2D eigenvalue weighted by atomic mass is 9.84. The van der Waals surface area contributed by atoms with Gasteiger partial charge in [-0.1, -0.05) is 32.9 Å². The van der Waals surface area contributed by atoms with Crippen LogP contribution in [0.15, 0.2) is 42.6 Å². The number of pyridine rings is 1. The van der Waals surface area contributed by atoms with Crippen molar-refractivity contribution in [2.45, 2.75) is 91.5 Å². The molecule has 2 amide bonds. The number of benzene rings is 1. The van der Waals surface area contributed by atoms with Crippen LogP contribution in [0.3, 0.4) is 0 Å². The normalized spacial score (nSPS) is 27.0. The zero-order valence-corrected chi connectivity index (χ0v) is 31.5. The van der Waals surface area contributed by atoms with Crippen LogP contribution in [-0.2, 0) is 36.8 Å². The van der Waals surface area contributed by atoms with Gasteiger partial charge in [0.25, 0.3) is 5.91 Å². The van der Waals surface area contributed by atoms with Gasteiger partial charge < -0.3 is 19.4 Å². The number of carbonyl (C=O) groups is 3. The standard InChI is InChI=1S/C41H54N6O5/c1-7-46-35-15-14-27-20-31(35)32(37(46)29-12-8-16-42-36(29)26(3)51-6)21-41(4,5)24-52-40(50)33-13-10-18-47(44-33)39(49)34(43-38(48)30-19-25(30)2)23-45-17-9-11-28(27)22-45/h8,11-12,14-16,20,25-26,30,33-34,44H,7,9-10,13,17-19,21-24H2,1-6H3,(H,43,48)/t25-,26-,30-,33-,34-/m0/s1. The van der Waals surface area contributed by atoms with Crippen molar-refractivity contribution < 1.29 is 23.9 Å². The smallest absolute Gasteiger partial charge is 0.324 e. The molecule has 6 atom stereocenters. The first-order valence-electron chi connectivity index (χ1n) is 19.1. The molecule has 2 fully saturated rings. The number of amides is 2. The van der Waals surface area contributed by atoms with Gasteiger partial charge in [-0.3, -0.25) is 29.3 Å². The van der Waals surface area contributed by atoms with Gasteiger partial charge in [-0.25, -0.2) is 5.43 Å². The van der Waals surface area contributed by atoms with Crippen molar-refractivity contribution in [3.63, 3.8) is 0 Å². The van der Waals surface area contributed by atoms with Crippen molar-refractivity contribution in [2.24, 2.45) is 17.3 Å². The van der Waals surface area contributed by atoms with E-state index in [4.69, 9.17) is 14.5 Å². The number of hydrazine groups is 1. The molecule has 3 aromatic rings. The Bertz CT molecular complexity index is 1880. The molecular weight excluding hydrogens is 656 g/mol. The predicted molar refractivity (Wildman–Crippen MR) is 201 cm³/mol. The van der Waals surface area contributed by atoms with Crippen LogP contribution in [-0.4, -0.2) is 89.2 Å². The Labute approximate surface area is 307 Å². The average Bonchev–Trinajstić information content (AvgIpc) is 3.82. The average molecular weight is 711 g/mol. The van der Waals surface area contributed by atoms with E-state index < -0.39 is 17.5 Å². The summed E-state index contributed by atoms with van der Waals surface area (Å²) in [6.45, 7) is 13.8. The molecule has 278 valence electrons. The maximum absolute atomic E-state index is 14.1. The molecule has 3 aliphatic heterocycles. The number of esters is 1. The van der Waals surface area contributed by atoms with Gasteiger partial charge in [0, 0.05) is 73.8 Å². The summed E-state index contributed by atoms with van der Waals surface area (Å²) in [7, 11) is 1.71. The highest BCUT2D eigenvalue weighted by molar-refractivity contribution is 5.95. The highest BCUT2D eigenvalue weighted by atomic mass is 16.5. The van der Waals surface area contributed by atoms with E-state index >= 15 is 0 Å². The second kappa shape index (κ2) is 14.8. The SMILES string of the molecule is CCn1c(-c2cccnc2[C@H](C)OC)c2c3cc(ccc31)C1=CCCN(C1)C[C@H](NC(=O)[C@H]1C[C@@H]1C)C(=O)N1CCC[C@H](N1)C(=O)OCC(C)(C)C2. The summed E-state index contributed by atoms with van der Waals surface area (Å²) in [5, 5.41) is 5.82. The minimum Gasteiger partial charge on any atom is -0.464 e. The summed E-state index contributed by atoms with van der Waals surface area (Å²) in [5.74, 6) is -0.381. The molecule has 11 nitrogen and oxygen atoms in total. The van der Waals surface area contributed by atoms with Gasteiger partial charge in [-0.2, -0.15) is 0 Å². The lowest BCUT2D eigenvalue weighted by Crippen LogP contribution is -2.62. The number of hydrogen-bond donors (Lipinski definition) is 2. The van der Waals surface area contributed by atoms with Gasteiger partial charge in [0.1, 0.15) is 12.1 Å². The Morgan fingerprint density at radius 2 is 2.02 bits per heavy atom. The van der Waals surface area contributed by atoms with E-state index in [2.05, 4.69) is 78.2 Å². The fourth-order valence-corrected chi connectivity index (χ4v) is 8.27. The summed E-state index contributed by atoms with van der Waals surface area (Å²) in [4.78, 5) is 48.1. The number of aromatic nitrogens is 2. The Morgan fingerprint density at radius 3 is 2.77 bits per heavy atom. The van der Waals surface area contributed by atoms with Gasteiger partial charge in [-0.05, 0) is 92.8 Å². The van der Waals surface area contributed by atoms with Crippen LogP contribution in [0.2, 0.25) is 0 Å². The quantitative estimate of drug-likeness (QED) is 0.332. The third kappa shape index (κ3) is 7.27. The molecule has 1 aromatic carbocycles. The van der Waals surface area contributed by atoms with Crippen molar-refractivity contribution in [2.75, 3.05) is 39.9 Å². The molecule has 0 spiro atoms. The zero-order valence-electron chi connectivity index (χ0n) is 31.5. The van der Waals surface area contributed by atoms with Crippen LogP contribution < -0.4 is 10.7 Å². The van der Waals surface area contributed by atoms with Crippen LogP contribution in [0.25, 0.3) is 27.7 Å². The van der Waals surface area contributed by atoms with Crippen molar-refractivity contribution in [1.82, 2.24) is 30.2 Å². The summed E-state index contributed by atoms with van der Waals surface area (Å²) in [6.07, 6.45) is 7.50. The Hall–Kier alpha value is -4.06. The Kier molecular flexibility index (Phi) is 10.3. The molecule has 1 aliphatic carbocycles. The number of nitrogens with zero attached hydrogens (tertiary/aromatic N) is 4. The van der Waals surface area contributed by atoms with Gasteiger partial charge in [0.15, 0.2) is 0 Å². The molecule has 1 unspecified atom stereocenters. The van der Waals surface area contributed by atoms with E-state index in [0.29, 0.717) is 44.8 Å². The topological polar surface area (TPSA) is 118 Å². The van der Waals surface area contributed by atoms with Crippen molar-refractivity contribution in [3.8, 4) is 11.3 Å². The highest BCUT2D eigenvalue weighted by Gasteiger charge is 2.42. The Morgan fingerprint density at radius 1 is 1.21 bits per heavy atom. The fourth-order valence-electron chi connectivity index (χ4n) is 8.27. The number of nitrogens with one attached hydrogen (secondary N) is 2. The number of cyclic esters (lactones) is 1. The molecule has 2 N–H and O–H groups in total. The molecule has 7 rings (SSSR count). The van der Waals surface area contributed by atoms with Crippen molar-refractivity contribution in [3.05, 3.63) is 59.4 Å². The van der Waals surface area contributed by atoms with Crippen molar-refractivity contribution >= 4 is 34.3 Å². The van der Waals surface area contributed by atoms with Crippen LogP contribution in [0.5, 0.6) is 0 Å². The van der Waals surface area contributed by atoms with E-state index in [1.807, 2.05) is 19.2 Å². The van der Waals surface area contributed by atoms with E-state index in [1.165, 1.54) is 16.1 Å². The molecule has 4 aliphatic rings. The lowest BCUT2D eigenvalue weighted by Gasteiger charge is -2.37. The number of methoxy groups -OCH3 is 1. The van der Waals surface area contributed by atoms with Crippen LogP contribution >= 0.6 is 0 Å². The number of carbonyl (C=O) groups excluding carboxylic acids is 3. The number of ether oxygens (including phenoxy) is 2. The first-order valence-corrected chi connectivity index (χ1v) is 19.1. The zero-order chi connectivity index (χ0) is 36.7. The summed E-state index contributed by atoms with van der Waals surface area (Å²) in [6, 6.07) is 9.49. The monoisotopic (exact) mass is 710 g/mol. The predicted octanol–water partition coefficient (Wildman–Crippen LogP) is 5.28. The van der Waals surface area contributed by atoms with Crippen molar-refractivity contribution in [1.29, 1.82) is 0 Å². The maximum atomic E-state index is 14.1. The third-order valence-electron chi connectivity index (χ3n) is 11.4. The largest absolute Gasteiger partial charge is 0.464 e. The molecule has 5 heterocycles. The molecule has 1 saturated carbocycles. The minimum atomic E-state index is -0.738. The number of rotatable bonds is 6. The lowest BCUT2D eigenvalue weighted by molar-refractivity contribution is -0.155. The van der Waals surface area contributed by atoms with E-state index in [9.17, 15) is 14.4 Å². The second-order valence-corrected chi connectivity index (χ2v) is 16.0. The second-order valence-electron chi connectivity index (χ2n) is 16.0. The van der Waals surface area contributed by atoms with Gasteiger partial charge in [0.2, 0.25) is 5.91 Å². The number of aryl methyl sites for hydroxylation is 1. The van der Waals surface area contributed by atoms with Crippen LogP contribution in [0, 0.1) is 17.3 Å². The molecular formula is C41H54N6O5. The van der Waals surface area contributed by atoms with E-state index in [-0.39, 0.29) is 36.4 Å². The minimum absolute atomic E-state index is 0.0558. The van der Waals surface area contributed by atoms with Gasteiger partial charge in [-0.15, -0.1) is 0 Å². The van der Waals surface area contributed by atoms with E-state index in [0.717, 1.165) is 59.3 Å². The molecule has 6 bridgehead atoms.